The number of para-hydroxylation sites is 1. The SMILES string of the molecule is CN(C)CCC1=Ic2ccccc2N1. The first-order valence-electron chi connectivity index (χ1n) is 4.77. The number of hydrogen-bond donors (Lipinski definition) is 1. The lowest BCUT2D eigenvalue weighted by molar-refractivity contribution is 0.422. The second kappa shape index (κ2) is 4.40. The first kappa shape index (κ1) is 10.1. The first-order valence-corrected chi connectivity index (χ1v) is 6.93. The van der Waals surface area contributed by atoms with Crippen LogP contribution in [0.2, 0.25) is 0 Å². The summed E-state index contributed by atoms with van der Waals surface area (Å²) in [6, 6.07) is 8.66. The van der Waals surface area contributed by atoms with Crippen LogP contribution in [0.15, 0.2) is 24.3 Å². The van der Waals surface area contributed by atoms with Crippen molar-refractivity contribution in [2.45, 2.75) is 6.42 Å². The van der Waals surface area contributed by atoms with Crippen LogP contribution < -0.4 is 5.32 Å². The maximum absolute atomic E-state index is 3.53. The smallest absolute Gasteiger partial charge is 0.0517 e. The van der Waals surface area contributed by atoms with Gasteiger partial charge in [-0.3, -0.25) is 0 Å². The van der Waals surface area contributed by atoms with Crippen LogP contribution in [0.25, 0.3) is 0 Å². The molecular formula is C11H15IN2. The fourth-order valence-corrected chi connectivity index (χ4v) is 4.00. The summed E-state index contributed by atoms with van der Waals surface area (Å²) in [6.07, 6.45) is 1.19. The van der Waals surface area contributed by atoms with Crippen LogP contribution in [0.3, 0.4) is 0 Å². The standard InChI is InChI=1S/C11H15IN2/c1-14(2)8-7-11-12-9-5-3-4-6-10(9)13-11/h3-6,13H,7-8H2,1-2H3. The van der Waals surface area contributed by atoms with Crippen LogP contribution in [-0.4, -0.2) is 29.2 Å². The van der Waals surface area contributed by atoms with E-state index in [1.54, 1.807) is 7.20 Å². The quantitative estimate of drug-likeness (QED) is 0.862. The van der Waals surface area contributed by atoms with E-state index in [-0.39, 0.29) is 20.7 Å². The van der Waals surface area contributed by atoms with E-state index in [2.05, 4.69) is 48.6 Å². The van der Waals surface area contributed by atoms with Crippen molar-refractivity contribution in [2.75, 3.05) is 26.0 Å². The van der Waals surface area contributed by atoms with E-state index in [1.807, 2.05) is 0 Å². The van der Waals surface area contributed by atoms with Crippen molar-refractivity contribution in [3.8, 4) is 0 Å². The summed E-state index contributed by atoms with van der Waals surface area (Å²) in [5.41, 5.74) is 1.34. The minimum Gasteiger partial charge on any atom is -0.353 e. The molecule has 0 bridgehead atoms. The molecule has 0 fully saturated rings. The van der Waals surface area contributed by atoms with Crippen LogP contribution in [0.1, 0.15) is 6.42 Å². The van der Waals surface area contributed by atoms with Crippen molar-refractivity contribution in [1.82, 2.24) is 4.90 Å². The Bertz CT molecular complexity index is 358. The Kier molecular flexibility index (Phi) is 3.18. The van der Waals surface area contributed by atoms with Gasteiger partial charge in [0.15, 0.2) is 0 Å². The largest absolute Gasteiger partial charge is 0.353 e. The molecule has 0 atom stereocenters. The van der Waals surface area contributed by atoms with Crippen molar-refractivity contribution in [2.24, 2.45) is 0 Å². The molecule has 1 aliphatic rings. The number of benzene rings is 1. The Hall–Kier alpha value is -0.420. The lowest BCUT2D eigenvalue weighted by Crippen LogP contribution is -2.18. The van der Waals surface area contributed by atoms with Gasteiger partial charge in [0, 0.05) is 16.5 Å². The molecule has 0 saturated heterocycles. The van der Waals surface area contributed by atoms with Gasteiger partial charge in [-0.1, -0.05) is 32.9 Å². The van der Waals surface area contributed by atoms with Crippen LogP contribution in [0.5, 0.6) is 0 Å². The van der Waals surface area contributed by atoms with Crippen molar-refractivity contribution >= 4 is 30.1 Å². The molecule has 1 N–H and O–H groups in total. The minimum absolute atomic E-state index is 0.104. The van der Waals surface area contributed by atoms with E-state index >= 15 is 0 Å². The summed E-state index contributed by atoms with van der Waals surface area (Å²) in [5, 5.41) is 3.53. The average Bonchev–Trinajstić information content (AvgIpc) is 2.57. The Morgan fingerprint density at radius 3 is 2.79 bits per heavy atom. The van der Waals surface area contributed by atoms with Crippen LogP contribution >= 0.6 is 20.7 Å². The number of halogens is 1. The molecule has 0 radical (unpaired) electrons. The molecule has 1 aromatic rings. The van der Waals surface area contributed by atoms with Gasteiger partial charge in [-0.05, 0) is 26.2 Å². The van der Waals surface area contributed by atoms with Gasteiger partial charge < -0.3 is 10.2 Å². The second-order valence-corrected chi connectivity index (χ2v) is 6.66. The van der Waals surface area contributed by atoms with Crippen molar-refractivity contribution in [3.63, 3.8) is 0 Å². The van der Waals surface area contributed by atoms with Gasteiger partial charge in [0.25, 0.3) is 0 Å². The number of anilines is 1. The molecule has 1 aliphatic heterocycles. The molecule has 2 nitrogen and oxygen atoms in total. The van der Waals surface area contributed by atoms with E-state index < -0.39 is 0 Å². The summed E-state index contributed by atoms with van der Waals surface area (Å²) in [6.45, 7) is 1.15. The average molecular weight is 302 g/mol. The predicted octanol–water partition coefficient (Wildman–Crippen LogP) is 2.33. The highest BCUT2D eigenvalue weighted by molar-refractivity contribution is 14.2. The summed E-state index contributed by atoms with van der Waals surface area (Å²) in [5.74, 6) is 0. The molecule has 0 saturated carbocycles. The minimum atomic E-state index is 0.104. The molecule has 14 heavy (non-hydrogen) atoms. The molecule has 0 aliphatic carbocycles. The third kappa shape index (κ3) is 2.33. The van der Waals surface area contributed by atoms with E-state index in [1.165, 1.54) is 12.1 Å². The summed E-state index contributed by atoms with van der Waals surface area (Å²) in [4.78, 5) is 2.24. The lowest BCUT2D eigenvalue weighted by atomic mass is 10.3. The molecule has 0 amide bonds. The molecular weight excluding hydrogens is 287 g/mol. The number of hydrogen-bond acceptors (Lipinski definition) is 2. The normalized spacial score (nSPS) is 14.4. The highest BCUT2D eigenvalue weighted by atomic mass is 127. The van der Waals surface area contributed by atoms with E-state index in [0.29, 0.717) is 0 Å². The maximum Gasteiger partial charge on any atom is 0.0517 e. The number of fused-ring (bicyclic) bond motifs is 1. The van der Waals surface area contributed by atoms with Gasteiger partial charge in [0.05, 0.1) is 9.32 Å². The molecule has 0 aromatic heterocycles. The molecule has 76 valence electrons. The fourth-order valence-electron chi connectivity index (χ4n) is 1.37. The Balaban J connectivity index is 2.01. The monoisotopic (exact) mass is 302 g/mol. The van der Waals surface area contributed by atoms with Gasteiger partial charge in [-0.25, -0.2) is 0 Å². The zero-order valence-electron chi connectivity index (χ0n) is 8.55. The second-order valence-electron chi connectivity index (χ2n) is 3.66. The number of rotatable bonds is 3. The zero-order valence-corrected chi connectivity index (χ0v) is 10.7. The van der Waals surface area contributed by atoms with Crippen LogP contribution in [0.4, 0.5) is 5.69 Å². The summed E-state index contributed by atoms with van der Waals surface area (Å²) in [7, 11) is 4.25. The Morgan fingerprint density at radius 1 is 1.29 bits per heavy atom. The molecule has 0 spiro atoms. The van der Waals surface area contributed by atoms with Gasteiger partial charge in [0.1, 0.15) is 0 Å². The Labute approximate surface area is 95.1 Å². The lowest BCUT2D eigenvalue weighted by Gasteiger charge is -2.09. The van der Waals surface area contributed by atoms with Gasteiger partial charge >= 0.3 is 0 Å². The van der Waals surface area contributed by atoms with Gasteiger partial charge in [-0.2, -0.15) is 0 Å². The highest BCUT2D eigenvalue weighted by Gasteiger charge is 2.10. The van der Waals surface area contributed by atoms with E-state index in [0.717, 1.165) is 6.54 Å². The van der Waals surface area contributed by atoms with Crippen LogP contribution in [-0.2, 0) is 0 Å². The third-order valence-electron chi connectivity index (χ3n) is 2.14. The van der Waals surface area contributed by atoms with E-state index in [9.17, 15) is 0 Å². The molecule has 1 heterocycles. The van der Waals surface area contributed by atoms with Crippen LogP contribution in [0, 0.1) is 3.57 Å². The molecule has 2 rings (SSSR count). The zero-order chi connectivity index (χ0) is 9.97. The number of nitrogens with one attached hydrogen (secondary N) is 1. The predicted molar refractivity (Wildman–Crippen MR) is 71.0 cm³/mol. The molecule has 1 aromatic carbocycles. The van der Waals surface area contributed by atoms with E-state index in [4.69, 9.17) is 0 Å². The number of nitrogens with zero attached hydrogens (tertiary/aromatic N) is 1. The topological polar surface area (TPSA) is 15.3 Å². The third-order valence-corrected chi connectivity index (χ3v) is 5.12. The highest BCUT2D eigenvalue weighted by Crippen LogP contribution is 2.30. The molecule has 0 unspecified atom stereocenters. The van der Waals surface area contributed by atoms with Crippen molar-refractivity contribution in [1.29, 1.82) is 0 Å². The summed E-state index contributed by atoms with van der Waals surface area (Å²) < 4.78 is 3.10. The van der Waals surface area contributed by atoms with Gasteiger partial charge in [0.2, 0.25) is 0 Å². The van der Waals surface area contributed by atoms with Gasteiger partial charge in [-0.15, -0.1) is 0 Å². The maximum atomic E-state index is 3.53. The fraction of sp³-hybridized carbons (Fsp3) is 0.364. The van der Waals surface area contributed by atoms with Crippen molar-refractivity contribution < 1.29 is 0 Å². The first-order chi connectivity index (χ1) is 6.75. The summed E-state index contributed by atoms with van der Waals surface area (Å²) >= 11 is 0.104. The Morgan fingerprint density at radius 2 is 2.07 bits per heavy atom. The van der Waals surface area contributed by atoms with Crippen molar-refractivity contribution in [3.05, 3.63) is 27.8 Å². The molecule has 3 heteroatoms.